The molecule has 0 saturated heterocycles. The molecule has 3 amide bonds. The smallest absolute Gasteiger partial charge is 0.309 e. The standard InChI is InChI=1S/C21H20N4O2S/c1-14-11-15-7-5-6-10-18(15)25(14)19(26)12-17-13-28-21(23-17)24-20(27)22-16-8-3-2-4-9-16/h2-10,13-14H,11-12H2,1H3,(H2,22,23,24,27). The van der Waals surface area contributed by atoms with Gasteiger partial charge in [-0.05, 0) is 37.1 Å². The van der Waals surface area contributed by atoms with Crippen molar-refractivity contribution in [3.05, 3.63) is 71.2 Å². The lowest BCUT2D eigenvalue weighted by molar-refractivity contribution is -0.118. The second-order valence-corrected chi connectivity index (χ2v) is 7.57. The Hall–Kier alpha value is -3.19. The Morgan fingerprint density at radius 2 is 1.86 bits per heavy atom. The van der Waals surface area contributed by atoms with Crippen molar-refractivity contribution >= 4 is 39.8 Å². The molecule has 0 saturated carbocycles. The third-order valence-corrected chi connectivity index (χ3v) is 5.42. The molecule has 1 aliphatic heterocycles. The van der Waals surface area contributed by atoms with Gasteiger partial charge < -0.3 is 10.2 Å². The molecule has 3 aromatic rings. The minimum absolute atomic E-state index is 0.0167. The fourth-order valence-corrected chi connectivity index (χ4v) is 4.12. The van der Waals surface area contributed by atoms with Crippen LogP contribution in [0.2, 0.25) is 0 Å². The predicted octanol–water partition coefficient (Wildman–Crippen LogP) is 4.31. The van der Waals surface area contributed by atoms with E-state index < -0.39 is 0 Å². The minimum atomic E-state index is -0.361. The molecular formula is C21H20N4O2S. The molecule has 0 radical (unpaired) electrons. The highest BCUT2D eigenvalue weighted by molar-refractivity contribution is 7.14. The van der Waals surface area contributed by atoms with E-state index in [1.54, 1.807) is 12.1 Å². The first kappa shape index (κ1) is 18.2. The van der Waals surface area contributed by atoms with Crippen LogP contribution in [-0.4, -0.2) is 23.0 Å². The van der Waals surface area contributed by atoms with E-state index in [0.29, 0.717) is 16.5 Å². The lowest BCUT2D eigenvalue weighted by Gasteiger charge is -2.22. The van der Waals surface area contributed by atoms with Crippen LogP contribution in [0.3, 0.4) is 0 Å². The van der Waals surface area contributed by atoms with Crippen LogP contribution < -0.4 is 15.5 Å². The first-order valence-electron chi connectivity index (χ1n) is 9.07. The number of hydrogen-bond donors (Lipinski definition) is 2. The van der Waals surface area contributed by atoms with Crippen molar-refractivity contribution < 1.29 is 9.59 Å². The summed E-state index contributed by atoms with van der Waals surface area (Å²) in [5.41, 5.74) is 3.53. The molecule has 1 atom stereocenters. The second kappa shape index (κ2) is 7.82. The summed E-state index contributed by atoms with van der Waals surface area (Å²) in [5, 5.41) is 7.73. The maximum atomic E-state index is 12.9. The van der Waals surface area contributed by atoms with Gasteiger partial charge in [-0.25, -0.2) is 9.78 Å². The van der Waals surface area contributed by atoms with Crippen LogP contribution >= 0.6 is 11.3 Å². The number of carbonyl (C=O) groups excluding carboxylic acids is 2. The van der Waals surface area contributed by atoms with Crippen LogP contribution in [-0.2, 0) is 17.6 Å². The van der Waals surface area contributed by atoms with E-state index in [1.165, 1.54) is 16.9 Å². The van der Waals surface area contributed by atoms with Gasteiger partial charge in [-0.3, -0.25) is 10.1 Å². The third kappa shape index (κ3) is 3.89. The molecule has 0 aliphatic carbocycles. The first-order chi connectivity index (χ1) is 13.6. The van der Waals surface area contributed by atoms with E-state index >= 15 is 0 Å². The van der Waals surface area contributed by atoms with Gasteiger partial charge in [0.15, 0.2) is 5.13 Å². The molecule has 2 N–H and O–H groups in total. The molecule has 1 unspecified atom stereocenters. The van der Waals surface area contributed by atoms with E-state index in [-0.39, 0.29) is 24.4 Å². The van der Waals surface area contributed by atoms with Crippen molar-refractivity contribution in [1.82, 2.24) is 4.98 Å². The normalized spacial score (nSPS) is 15.2. The summed E-state index contributed by atoms with van der Waals surface area (Å²) in [6, 6.07) is 17.0. The molecule has 0 bridgehead atoms. The van der Waals surface area contributed by atoms with Gasteiger partial charge in [-0.15, -0.1) is 11.3 Å². The van der Waals surface area contributed by atoms with Crippen molar-refractivity contribution in [2.75, 3.05) is 15.5 Å². The van der Waals surface area contributed by atoms with Crippen molar-refractivity contribution in [2.45, 2.75) is 25.8 Å². The number of anilines is 3. The van der Waals surface area contributed by atoms with Gasteiger partial charge in [0.2, 0.25) is 5.91 Å². The molecule has 2 aromatic carbocycles. The maximum absolute atomic E-state index is 12.9. The molecule has 0 spiro atoms. The molecule has 2 heterocycles. The number of hydrogen-bond acceptors (Lipinski definition) is 4. The summed E-state index contributed by atoms with van der Waals surface area (Å²) < 4.78 is 0. The Bertz CT molecular complexity index is 1000. The number of amides is 3. The summed E-state index contributed by atoms with van der Waals surface area (Å²) in [4.78, 5) is 31.2. The Kier molecular flexibility index (Phi) is 5.08. The Morgan fingerprint density at radius 1 is 1.11 bits per heavy atom. The van der Waals surface area contributed by atoms with Crippen LogP contribution in [0.1, 0.15) is 18.2 Å². The average Bonchev–Trinajstić information content (AvgIpc) is 3.25. The monoisotopic (exact) mass is 392 g/mol. The molecule has 1 aromatic heterocycles. The van der Waals surface area contributed by atoms with E-state index in [1.807, 2.05) is 46.7 Å². The van der Waals surface area contributed by atoms with Gasteiger partial charge in [0.05, 0.1) is 12.1 Å². The number of nitrogens with zero attached hydrogens (tertiary/aromatic N) is 2. The van der Waals surface area contributed by atoms with Crippen molar-refractivity contribution in [1.29, 1.82) is 0 Å². The highest BCUT2D eigenvalue weighted by Crippen LogP contribution is 2.32. The van der Waals surface area contributed by atoms with E-state index in [2.05, 4.69) is 28.6 Å². The zero-order valence-corrected chi connectivity index (χ0v) is 16.2. The predicted molar refractivity (Wildman–Crippen MR) is 112 cm³/mol. The van der Waals surface area contributed by atoms with Gasteiger partial charge in [0, 0.05) is 22.8 Å². The van der Waals surface area contributed by atoms with Crippen molar-refractivity contribution in [2.24, 2.45) is 0 Å². The SMILES string of the molecule is CC1Cc2ccccc2N1C(=O)Cc1csc(NC(=O)Nc2ccccc2)n1. The highest BCUT2D eigenvalue weighted by atomic mass is 32.1. The van der Waals surface area contributed by atoms with Crippen LogP contribution in [0.4, 0.5) is 21.3 Å². The summed E-state index contributed by atoms with van der Waals surface area (Å²) >= 11 is 1.31. The Balaban J connectivity index is 1.38. The molecule has 7 heteroatoms. The zero-order valence-electron chi connectivity index (χ0n) is 15.4. The minimum Gasteiger partial charge on any atom is -0.309 e. The first-order valence-corrected chi connectivity index (χ1v) is 9.95. The van der Waals surface area contributed by atoms with Crippen LogP contribution in [0.5, 0.6) is 0 Å². The lowest BCUT2D eigenvalue weighted by atomic mass is 10.1. The number of para-hydroxylation sites is 2. The average molecular weight is 392 g/mol. The van der Waals surface area contributed by atoms with E-state index in [9.17, 15) is 9.59 Å². The van der Waals surface area contributed by atoms with E-state index in [0.717, 1.165) is 12.1 Å². The molecule has 6 nitrogen and oxygen atoms in total. The third-order valence-electron chi connectivity index (χ3n) is 4.61. The fourth-order valence-electron chi connectivity index (χ4n) is 3.41. The fraction of sp³-hybridized carbons (Fsp3) is 0.190. The summed E-state index contributed by atoms with van der Waals surface area (Å²) in [6.07, 6.45) is 1.07. The summed E-state index contributed by atoms with van der Waals surface area (Å²) in [5.74, 6) is 0.0167. The lowest BCUT2D eigenvalue weighted by Crippen LogP contribution is -2.36. The van der Waals surface area contributed by atoms with Crippen LogP contribution in [0.25, 0.3) is 0 Å². The Morgan fingerprint density at radius 3 is 2.68 bits per heavy atom. The number of nitrogens with one attached hydrogen (secondary N) is 2. The Labute approximate surface area is 167 Å². The second-order valence-electron chi connectivity index (χ2n) is 6.71. The van der Waals surface area contributed by atoms with Crippen LogP contribution in [0.15, 0.2) is 60.0 Å². The maximum Gasteiger partial charge on any atom is 0.325 e. The number of benzene rings is 2. The number of thiazole rings is 1. The van der Waals surface area contributed by atoms with Crippen molar-refractivity contribution in [3.63, 3.8) is 0 Å². The number of aromatic nitrogens is 1. The molecule has 142 valence electrons. The van der Waals surface area contributed by atoms with Gasteiger partial charge in [-0.1, -0.05) is 36.4 Å². The van der Waals surface area contributed by atoms with Gasteiger partial charge in [0.1, 0.15) is 0 Å². The summed E-state index contributed by atoms with van der Waals surface area (Å²) in [7, 11) is 0. The molecule has 4 rings (SSSR count). The number of rotatable bonds is 4. The molecular weight excluding hydrogens is 372 g/mol. The van der Waals surface area contributed by atoms with Crippen molar-refractivity contribution in [3.8, 4) is 0 Å². The van der Waals surface area contributed by atoms with E-state index in [4.69, 9.17) is 0 Å². The quantitative estimate of drug-likeness (QED) is 0.695. The number of fused-ring (bicyclic) bond motifs is 1. The van der Waals surface area contributed by atoms with Gasteiger partial charge in [0.25, 0.3) is 0 Å². The molecule has 0 fully saturated rings. The van der Waals surface area contributed by atoms with Crippen LogP contribution in [0, 0.1) is 0 Å². The molecule has 28 heavy (non-hydrogen) atoms. The summed E-state index contributed by atoms with van der Waals surface area (Å²) in [6.45, 7) is 2.06. The topological polar surface area (TPSA) is 74.3 Å². The van der Waals surface area contributed by atoms with Gasteiger partial charge in [-0.2, -0.15) is 0 Å². The number of carbonyl (C=O) groups is 2. The zero-order chi connectivity index (χ0) is 19.5. The largest absolute Gasteiger partial charge is 0.325 e. The number of urea groups is 1. The van der Waals surface area contributed by atoms with Gasteiger partial charge >= 0.3 is 6.03 Å². The highest BCUT2D eigenvalue weighted by Gasteiger charge is 2.30. The molecule has 1 aliphatic rings.